The standard InChI is InChI=1S/C16H17ClN2O/c1-11-8-9-14(13(17)10-11)19-15(20)16(2,18)12-6-4-3-5-7-12/h3-10H,18H2,1-2H3,(H,19,20). The largest absolute Gasteiger partial charge is 0.323 e. The molecule has 1 atom stereocenters. The van der Waals surface area contributed by atoms with Crippen LogP contribution in [-0.2, 0) is 10.3 Å². The maximum atomic E-state index is 12.4. The lowest BCUT2D eigenvalue weighted by Gasteiger charge is -2.24. The number of rotatable bonds is 3. The monoisotopic (exact) mass is 288 g/mol. The van der Waals surface area contributed by atoms with Gasteiger partial charge in [0, 0.05) is 0 Å². The van der Waals surface area contributed by atoms with E-state index in [1.54, 1.807) is 19.1 Å². The fourth-order valence-corrected chi connectivity index (χ4v) is 2.17. The summed E-state index contributed by atoms with van der Waals surface area (Å²) in [5, 5.41) is 3.28. The minimum Gasteiger partial charge on any atom is -0.323 e. The first kappa shape index (κ1) is 14.6. The third-order valence-corrected chi connectivity index (χ3v) is 3.53. The Labute approximate surface area is 123 Å². The molecule has 2 aromatic rings. The fraction of sp³-hybridized carbons (Fsp3) is 0.188. The third-order valence-electron chi connectivity index (χ3n) is 3.22. The van der Waals surface area contributed by atoms with Gasteiger partial charge in [0.2, 0.25) is 5.91 Å². The second kappa shape index (κ2) is 5.65. The molecule has 0 saturated carbocycles. The van der Waals surface area contributed by atoms with Gasteiger partial charge in [0.25, 0.3) is 0 Å². The number of hydrogen-bond donors (Lipinski definition) is 2. The Bertz CT molecular complexity index is 624. The van der Waals surface area contributed by atoms with E-state index in [-0.39, 0.29) is 5.91 Å². The number of amides is 1. The Morgan fingerprint density at radius 1 is 1.20 bits per heavy atom. The summed E-state index contributed by atoms with van der Waals surface area (Å²) in [7, 11) is 0. The van der Waals surface area contributed by atoms with Crippen LogP contribution in [0.5, 0.6) is 0 Å². The van der Waals surface area contributed by atoms with E-state index in [1.165, 1.54) is 0 Å². The van der Waals surface area contributed by atoms with Gasteiger partial charge in [-0.3, -0.25) is 4.79 Å². The molecule has 3 N–H and O–H groups in total. The molecule has 0 spiro atoms. The lowest BCUT2D eigenvalue weighted by molar-refractivity contribution is -0.120. The fourth-order valence-electron chi connectivity index (χ4n) is 1.89. The van der Waals surface area contributed by atoms with Gasteiger partial charge in [0.05, 0.1) is 10.7 Å². The van der Waals surface area contributed by atoms with Crippen molar-refractivity contribution in [3.8, 4) is 0 Å². The molecule has 0 aliphatic rings. The second-order valence-electron chi connectivity index (χ2n) is 5.01. The third kappa shape index (κ3) is 3.00. The quantitative estimate of drug-likeness (QED) is 0.909. The van der Waals surface area contributed by atoms with Crippen LogP contribution in [0.4, 0.5) is 5.69 Å². The summed E-state index contributed by atoms with van der Waals surface area (Å²) in [5.41, 5.74) is 7.39. The number of nitrogens with two attached hydrogens (primary N) is 1. The zero-order valence-electron chi connectivity index (χ0n) is 11.5. The van der Waals surface area contributed by atoms with E-state index in [1.807, 2.05) is 43.3 Å². The predicted octanol–water partition coefficient (Wildman–Crippen LogP) is 3.46. The molecule has 1 unspecified atom stereocenters. The molecular weight excluding hydrogens is 272 g/mol. The van der Waals surface area contributed by atoms with Crippen LogP contribution in [0.2, 0.25) is 5.02 Å². The summed E-state index contributed by atoms with van der Waals surface area (Å²) in [6, 6.07) is 14.7. The van der Waals surface area contributed by atoms with Crippen LogP contribution in [0, 0.1) is 6.92 Å². The summed E-state index contributed by atoms with van der Waals surface area (Å²) >= 11 is 6.11. The predicted molar refractivity (Wildman–Crippen MR) is 82.8 cm³/mol. The van der Waals surface area contributed by atoms with Crippen molar-refractivity contribution < 1.29 is 4.79 Å². The molecule has 0 heterocycles. The van der Waals surface area contributed by atoms with E-state index >= 15 is 0 Å². The maximum Gasteiger partial charge on any atom is 0.248 e. The van der Waals surface area contributed by atoms with Crippen molar-refractivity contribution in [2.45, 2.75) is 19.4 Å². The average molecular weight is 289 g/mol. The van der Waals surface area contributed by atoms with Gasteiger partial charge in [-0.15, -0.1) is 0 Å². The Kier molecular flexibility index (Phi) is 4.12. The first-order chi connectivity index (χ1) is 9.41. The normalized spacial score (nSPS) is 13.6. The van der Waals surface area contributed by atoms with Crippen molar-refractivity contribution in [3.05, 3.63) is 64.7 Å². The molecule has 1 amide bonds. The topological polar surface area (TPSA) is 55.1 Å². The van der Waals surface area contributed by atoms with E-state index in [9.17, 15) is 4.79 Å². The molecular formula is C16H17ClN2O. The zero-order chi connectivity index (χ0) is 14.8. The van der Waals surface area contributed by atoms with Crippen molar-refractivity contribution in [2.75, 3.05) is 5.32 Å². The highest BCUT2D eigenvalue weighted by molar-refractivity contribution is 6.33. The van der Waals surface area contributed by atoms with Crippen LogP contribution in [0.25, 0.3) is 0 Å². The van der Waals surface area contributed by atoms with Crippen LogP contribution in [0.1, 0.15) is 18.1 Å². The molecule has 2 aromatic carbocycles. The zero-order valence-corrected chi connectivity index (χ0v) is 12.2. The highest BCUT2D eigenvalue weighted by Crippen LogP contribution is 2.25. The number of carbonyl (C=O) groups is 1. The number of carbonyl (C=O) groups excluding carboxylic acids is 1. The molecule has 2 rings (SSSR count). The molecule has 0 aliphatic heterocycles. The van der Waals surface area contributed by atoms with Gasteiger partial charge < -0.3 is 11.1 Å². The number of hydrogen-bond acceptors (Lipinski definition) is 2. The highest BCUT2D eigenvalue weighted by atomic mass is 35.5. The first-order valence-corrected chi connectivity index (χ1v) is 6.71. The lowest BCUT2D eigenvalue weighted by Crippen LogP contribution is -2.45. The van der Waals surface area contributed by atoms with Gasteiger partial charge in [-0.05, 0) is 37.1 Å². The Morgan fingerprint density at radius 2 is 1.85 bits per heavy atom. The van der Waals surface area contributed by atoms with Crippen molar-refractivity contribution in [2.24, 2.45) is 5.73 Å². The SMILES string of the molecule is Cc1ccc(NC(=O)C(C)(N)c2ccccc2)c(Cl)c1. The van der Waals surface area contributed by atoms with Crippen LogP contribution >= 0.6 is 11.6 Å². The summed E-state index contributed by atoms with van der Waals surface area (Å²) in [4.78, 5) is 12.4. The molecule has 20 heavy (non-hydrogen) atoms. The number of nitrogens with one attached hydrogen (secondary N) is 1. The van der Waals surface area contributed by atoms with E-state index in [4.69, 9.17) is 17.3 Å². The van der Waals surface area contributed by atoms with Crippen molar-refractivity contribution >= 4 is 23.2 Å². The van der Waals surface area contributed by atoms with Gasteiger partial charge in [-0.25, -0.2) is 0 Å². The van der Waals surface area contributed by atoms with Gasteiger partial charge in [-0.2, -0.15) is 0 Å². The summed E-state index contributed by atoms with van der Waals surface area (Å²) in [5.74, 6) is -0.297. The number of aryl methyl sites for hydroxylation is 1. The first-order valence-electron chi connectivity index (χ1n) is 6.33. The van der Waals surface area contributed by atoms with E-state index < -0.39 is 5.54 Å². The van der Waals surface area contributed by atoms with Crippen molar-refractivity contribution in [1.29, 1.82) is 0 Å². The molecule has 0 bridgehead atoms. The van der Waals surface area contributed by atoms with Crippen LogP contribution in [0.15, 0.2) is 48.5 Å². The minimum atomic E-state index is -1.12. The van der Waals surface area contributed by atoms with Crippen LogP contribution in [-0.4, -0.2) is 5.91 Å². The lowest BCUT2D eigenvalue weighted by atomic mass is 9.92. The van der Waals surface area contributed by atoms with Crippen LogP contribution < -0.4 is 11.1 Å². The smallest absolute Gasteiger partial charge is 0.248 e. The maximum absolute atomic E-state index is 12.4. The average Bonchev–Trinajstić information content (AvgIpc) is 2.42. The molecule has 0 saturated heterocycles. The number of benzene rings is 2. The van der Waals surface area contributed by atoms with E-state index in [0.717, 1.165) is 11.1 Å². The van der Waals surface area contributed by atoms with E-state index in [2.05, 4.69) is 5.32 Å². The van der Waals surface area contributed by atoms with Crippen LogP contribution in [0.3, 0.4) is 0 Å². The number of anilines is 1. The van der Waals surface area contributed by atoms with E-state index in [0.29, 0.717) is 10.7 Å². The molecule has 0 aromatic heterocycles. The minimum absolute atomic E-state index is 0.297. The Hall–Kier alpha value is -1.84. The second-order valence-corrected chi connectivity index (χ2v) is 5.41. The Morgan fingerprint density at radius 3 is 2.45 bits per heavy atom. The van der Waals surface area contributed by atoms with Crippen molar-refractivity contribution in [1.82, 2.24) is 0 Å². The Balaban J connectivity index is 2.23. The summed E-state index contributed by atoms with van der Waals surface area (Å²) < 4.78 is 0. The van der Waals surface area contributed by atoms with Gasteiger partial charge in [-0.1, -0.05) is 48.0 Å². The van der Waals surface area contributed by atoms with Gasteiger partial charge >= 0.3 is 0 Å². The molecule has 0 aliphatic carbocycles. The summed E-state index contributed by atoms with van der Waals surface area (Å²) in [6.07, 6.45) is 0. The molecule has 0 radical (unpaired) electrons. The number of halogens is 1. The van der Waals surface area contributed by atoms with Gasteiger partial charge in [0.1, 0.15) is 5.54 Å². The molecule has 4 heteroatoms. The molecule has 104 valence electrons. The highest BCUT2D eigenvalue weighted by Gasteiger charge is 2.30. The molecule has 3 nitrogen and oxygen atoms in total. The summed E-state index contributed by atoms with van der Waals surface area (Å²) in [6.45, 7) is 3.62. The van der Waals surface area contributed by atoms with Crippen molar-refractivity contribution in [3.63, 3.8) is 0 Å². The van der Waals surface area contributed by atoms with Gasteiger partial charge in [0.15, 0.2) is 0 Å². The molecule has 0 fully saturated rings.